The van der Waals surface area contributed by atoms with Crippen LogP contribution in [0.1, 0.15) is 11.4 Å². The largest absolute Gasteiger partial charge is 0.366 e. The molecule has 0 amide bonds. The molecule has 0 N–H and O–H groups in total. The van der Waals surface area contributed by atoms with Crippen molar-refractivity contribution in [2.24, 2.45) is 0 Å². The molecule has 0 aliphatic carbocycles. The number of hydrogen-bond acceptors (Lipinski definition) is 5. The molecule has 29 heavy (non-hydrogen) atoms. The predicted molar refractivity (Wildman–Crippen MR) is 108 cm³/mol. The first-order chi connectivity index (χ1) is 13.9. The van der Waals surface area contributed by atoms with Gasteiger partial charge in [0, 0.05) is 32.4 Å². The van der Waals surface area contributed by atoms with Crippen molar-refractivity contribution in [3.05, 3.63) is 65.9 Å². The molecule has 3 heterocycles. The smallest absolute Gasteiger partial charge is 0.243 e. The van der Waals surface area contributed by atoms with Crippen LogP contribution >= 0.6 is 0 Å². The lowest BCUT2D eigenvalue weighted by molar-refractivity contribution is 0.384. The molecule has 4 rings (SSSR count). The summed E-state index contributed by atoms with van der Waals surface area (Å²) in [5.41, 5.74) is 2.86. The molecule has 1 saturated heterocycles. The number of hydrogen-bond donors (Lipinski definition) is 0. The number of nitrogens with zero attached hydrogens (tertiary/aromatic N) is 5. The number of sulfonamides is 1. The minimum Gasteiger partial charge on any atom is -0.366 e. The SMILES string of the molecule is Cc1nn(-c2ccccn2)c(C)c1N1CCN(S(=O)(=O)c2ccc(F)cc2)CC1. The first kappa shape index (κ1) is 19.5. The first-order valence-corrected chi connectivity index (χ1v) is 10.8. The second kappa shape index (κ2) is 7.57. The number of aromatic nitrogens is 3. The van der Waals surface area contributed by atoms with E-state index in [1.807, 2.05) is 36.7 Å². The van der Waals surface area contributed by atoms with Crippen LogP contribution in [0.4, 0.5) is 10.1 Å². The molecule has 1 aliphatic rings. The zero-order valence-corrected chi connectivity index (χ0v) is 17.1. The van der Waals surface area contributed by atoms with Gasteiger partial charge in [0.1, 0.15) is 5.82 Å². The first-order valence-electron chi connectivity index (χ1n) is 9.36. The molecule has 1 aromatic carbocycles. The van der Waals surface area contributed by atoms with Gasteiger partial charge in [0.25, 0.3) is 0 Å². The van der Waals surface area contributed by atoms with Crippen molar-refractivity contribution in [2.45, 2.75) is 18.7 Å². The molecule has 1 fully saturated rings. The Hall–Kier alpha value is -2.78. The average molecular weight is 415 g/mol. The van der Waals surface area contributed by atoms with Crippen LogP contribution in [0.3, 0.4) is 0 Å². The molecule has 0 atom stereocenters. The van der Waals surface area contributed by atoms with Gasteiger partial charge in [0.2, 0.25) is 10.0 Å². The second-order valence-electron chi connectivity index (χ2n) is 6.96. The van der Waals surface area contributed by atoms with E-state index in [2.05, 4.69) is 15.0 Å². The maximum atomic E-state index is 13.1. The Bertz CT molecular complexity index is 1110. The second-order valence-corrected chi connectivity index (χ2v) is 8.90. The van der Waals surface area contributed by atoms with Gasteiger partial charge in [0.05, 0.1) is 22.0 Å². The van der Waals surface area contributed by atoms with Crippen molar-refractivity contribution >= 4 is 15.7 Å². The lowest BCUT2D eigenvalue weighted by Gasteiger charge is -2.35. The Balaban J connectivity index is 1.53. The van der Waals surface area contributed by atoms with E-state index in [0.29, 0.717) is 26.2 Å². The fourth-order valence-electron chi connectivity index (χ4n) is 3.70. The summed E-state index contributed by atoms with van der Waals surface area (Å²) in [6.45, 7) is 5.75. The lowest BCUT2D eigenvalue weighted by Crippen LogP contribution is -2.49. The molecule has 2 aromatic heterocycles. The van der Waals surface area contributed by atoms with Gasteiger partial charge in [0.15, 0.2) is 5.82 Å². The zero-order chi connectivity index (χ0) is 20.6. The van der Waals surface area contributed by atoms with E-state index in [9.17, 15) is 12.8 Å². The van der Waals surface area contributed by atoms with E-state index in [1.165, 1.54) is 28.6 Å². The Labute approximate surface area is 169 Å². The highest BCUT2D eigenvalue weighted by atomic mass is 32.2. The van der Waals surface area contributed by atoms with Crippen LogP contribution in [0.2, 0.25) is 0 Å². The normalized spacial score (nSPS) is 15.6. The fourth-order valence-corrected chi connectivity index (χ4v) is 5.12. The van der Waals surface area contributed by atoms with Crippen LogP contribution in [-0.4, -0.2) is 53.7 Å². The molecule has 3 aromatic rings. The number of benzene rings is 1. The summed E-state index contributed by atoms with van der Waals surface area (Å²) in [4.78, 5) is 6.64. The van der Waals surface area contributed by atoms with E-state index >= 15 is 0 Å². The van der Waals surface area contributed by atoms with Crippen LogP contribution in [0, 0.1) is 19.7 Å². The van der Waals surface area contributed by atoms with Gasteiger partial charge in [-0.05, 0) is 50.2 Å². The molecule has 7 nitrogen and oxygen atoms in total. The van der Waals surface area contributed by atoms with Crippen LogP contribution in [0.15, 0.2) is 53.6 Å². The zero-order valence-electron chi connectivity index (χ0n) is 16.3. The lowest BCUT2D eigenvalue weighted by atomic mass is 10.2. The van der Waals surface area contributed by atoms with Crippen LogP contribution in [0.25, 0.3) is 5.82 Å². The van der Waals surface area contributed by atoms with Crippen molar-refractivity contribution in [2.75, 3.05) is 31.1 Å². The molecule has 9 heteroatoms. The summed E-state index contributed by atoms with van der Waals surface area (Å²) in [6, 6.07) is 10.6. The molecule has 0 spiro atoms. The number of piperazine rings is 1. The van der Waals surface area contributed by atoms with Gasteiger partial charge >= 0.3 is 0 Å². The third kappa shape index (κ3) is 3.63. The van der Waals surface area contributed by atoms with Crippen molar-refractivity contribution in [1.29, 1.82) is 0 Å². The monoisotopic (exact) mass is 415 g/mol. The van der Waals surface area contributed by atoms with Crippen molar-refractivity contribution in [3.8, 4) is 5.82 Å². The number of anilines is 1. The Morgan fingerprint density at radius 1 is 0.966 bits per heavy atom. The molecular formula is C20H22FN5O2S. The van der Waals surface area contributed by atoms with Crippen molar-refractivity contribution in [1.82, 2.24) is 19.1 Å². The minimum atomic E-state index is -3.63. The van der Waals surface area contributed by atoms with Crippen molar-refractivity contribution < 1.29 is 12.8 Å². The maximum Gasteiger partial charge on any atom is 0.243 e. The van der Waals surface area contributed by atoms with E-state index in [-0.39, 0.29) is 4.90 Å². The minimum absolute atomic E-state index is 0.114. The van der Waals surface area contributed by atoms with E-state index < -0.39 is 15.8 Å². The molecule has 1 aliphatic heterocycles. The van der Waals surface area contributed by atoms with Gasteiger partial charge in [-0.2, -0.15) is 9.40 Å². The van der Waals surface area contributed by atoms with Gasteiger partial charge < -0.3 is 4.90 Å². The number of aryl methyl sites for hydroxylation is 1. The average Bonchev–Trinajstić information content (AvgIpc) is 3.03. The highest BCUT2D eigenvalue weighted by molar-refractivity contribution is 7.89. The number of pyridine rings is 1. The highest BCUT2D eigenvalue weighted by Gasteiger charge is 2.30. The Kier molecular flexibility index (Phi) is 5.10. The molecule has 0 unspecified atom stereocenters. The molecular weight excluding hydrogens is 393 g/mol. The molecule has 0 radical (unpaired) electrons. The topological polar surface area (TPSA) is 71.3 Å². The summed E-state index contributed by atoms with van der Waals surface area (Å²) in [7, 11) is -3.63. The molecule has 0 bridgehead atoms. The van der Waals surface area contributed by atoms with E-state index in [1.54, 1.807) is 6.20 Å². The third-order valence-corrected chi connectivity index (χ3v) is 7.04. The number of rotatable bonds is 4. The fraction of sp³-hybridized carbons (Fsp3) is 0.300. The van der Waals surface area contributed by atoms with Gasteiger partial charge in [-0.3, -0.25) is 0 Å². The van der Waals surface area contributed by atoms with Crippen LogP contribution in [-0.2, 0) is 10.0 Å². The van der Waals surface area contributed by atoms with Crippen LogP contribution < -0.4 is 4.90 Å². The summed E-state index contributed by atoms with van der Waals surface area (Å²) < 4.78 is 42.0. The predicted octanol–water partition coefficient (Wildman–Crippen LogP) is 2.53. The van der Waals surface area contributed by atoms with E-state index in [0.717, 1.165) is 22.9 Å². The van der Waals surface area contributed by atoms with Gasteiger partial charge in [-0.15, -0.1) is 0 Å². The standard InChI is InChI=1S/C20H22FN5O2S/c1-15-20(16(2)26(23-15)19-5-3-4-10-22-19)24-11-13-25(14-12-24)29(27,28)18-8-6-17(21)7-9-18/h3-10H,11-14H2,1-2H3. The highest BCUT2D eigenvalue weighted by Crippen LogP contribution is 2.28. The molecule has 0 saturated carbocycles. The van der Waals surface area contributed by atoms with E-state index in [4.69, 9.17) is 0 Å². The quantitative estimate of drug-likeness (QED) is 0.655. The van der Waals surface area contributed by atoms with Crippen LogP contribution in [0.5, 0.6) is 0 Å². The summed E-state index contributed by atoms with van der Waals surface area (Å²) in [5, 5.41) is 4.62. The van der Waals surface area contributed by atoms with Gasteiger partial charge in [-0.1, -0.05) is 6.07 Å². The van der Waals surface area contributed by atoms with Crippen molar-refractivity contribution in [3.63, 3.8) is 0 Å². The van der Waals surface area contributed by atoms with Gasteiger partial charge in [-0.25, -0.2) is 22.5 Å². The summed E-state index contributed by atoms with van der Waals surface area (Å²) >= 11 is 0. The third-order valence-electron chi connectivity index (χ3n) is 5.13. The number of halogens is 1. The summed E-state index contributed by atoms with van der Waals surface area (Å²) in [6.07, 6.45) is 1.73. The Morgan fingerprint density at radius 2 is 1.66 bits per heavy atom. The summed E-state index contributed by atoms with van der Waals surface area (Å²) in [5.74, 6) is 0.293. The maximum absolute atomic E-state index is 13.1. The molecule has 152 valence electrons. The Morgan fingerprint density at radius 3 is 2.28 bits per heavy atom.